The molecule has 0 unspecified atom stereocenters. The molecule has 4 aromatic rings. The van der Waals surface area contributed by atoms with E-state index in [0.29, 0.717) is 31.0 Å². The molecule has 0 aliphatic heterocycles. The van der Waals surface area contributed by atoms with Gasteiger partial charge in [0.05, 0.1) is 11.4 Å². The molecule has 0 radical (unpaired) electrons. The van der Waals surface area contributed by atoms with Crippen molar-refractivity contribution in [3.05, 3.63) is 77.2 Å². The van der Waals surface area contributed by atoms with Crippen molar-refractivity contribution < 1.29 is 13.2 Å². The van der Waals surface area contributed by atoms with E-state index in [-0.39, 0.29) is 4.90 Å². The van der Waals surface area contributed by atoms with Crippen LogP contribution in [0.1, 0.15) is 22.5 Å². The van der Waals surface area contributed by atoms with Crippen LogP contribution in [0.3, 0.4) is 0 Å². The first kappa shape index (κ1) is 20.2. The van der Waals surface area contributed by atoms with Gasteiger partial charge in [-0.2, -0.15) is 5.10 Å². The molecule has 156 valence electrons. The van der Waals surface area contributed by atoms with Crippen molar-refractivity contribution in [2.45, 2.75) is 31.8 Å². The third-order valence-corrected chi connectivity index (χ3v) is 6.73. The number of hydrogen-bond acceptors (Lipinski definition) is 4. The minimum atomic E-state index is -3.60. The van der Waals surface area contributed by atoms with Gasteiger partial charge in [0.1, 0.15) is 17.3 Å². The summed E-state index contributed by atoms with van der Waals surface area (Å²) in [4.78, 5) is 3.47. The average Bonchev–Trinajstić information content (AvgIpc) is 3.29. The predicted molar refractivity (Wildman–Crippen MR) is 116 cm³/mol. The summed E-state index contributed by atoms with van der Waals surface area (Å²) in [6, 6.07) is 15.9. The molecule has 0 atom stereocenters. The van der Waals surface area contributed by atoms with E-state index in [4.69, 9.17) is 4.74 Å². The molecule has 2 aromatic heterocycles. The number of H-pyrrole nitrogens is 2. The Hall–Kier alpha value is -3.10. The van der Waals surface area contributed by atoms with Crippen molar-refractivity contribution in [1.82, 2.24) is 19.9 Å². The highest BCUT2D eigenvalue weighted by Crippen LogP contribution is 2.24. The minimum absolute atomic E-state index is 0.224. The Morgan fingerprint density at radius 2 is 1.90 bits per heavy atom. The van der Waals surface area contributed by atoms with Crippen molar-refractivity contribution in [2.75, 3.05) is 6.54 Å². The van der Waals surface area contributed by atoms with Crippen LogP contribution in [0, 0.1) is 13.8 Å². The Labute approximate surface area is 175 Å². The minimum Gasteiger partial charge on any atom is -0.489 e. The van der Waals surface area contributed by atoms with E-state index in [1.54, 1.807) is 13.8 Å². The maximum Gasteiger partial charge on any atom is 0.244 e. The smallest absolute Gasteiger partial charge is 0.244 e. The fourth-order valence-electron chi connectivity index (χ4n) is 3.53. The number of rotatable bonds is 8. The average molecular weight is 425 g/mol. The van der Waals surface area contributed by atoms with E-state index >= 15 is 0 Å². The molecule has 0 spiro atoms. The number of sulfonamides is 1. The Balaban J connectivity index is 1.40. The number of aromatic amines is 2. The van der Waals surface area contributed by atoms with Gasteiger partial charge in [0.2, 0.25) is 10.0 Å². The standard InChI is InChI=1S/C22H24N4O3S/c1-15-22(16(2)26-25-15)30(27,28)24-11-10-18-13-23-21-12-19(8-9-20(18)21)29-14-17-6-4-3-5-7-17/h3-9,12-13,23-24H,10-11,14H2,1-2H3,(H,25,26). The molecule has 0 bridgehead atoms. The lowest BCUT2D eigenvalue weighted by atomic mass is 10.1. The lowest BCUT2D eigenvalue weighted by Gasteiger charge is -2.08. The van der Waals surface area contributed by atoms with Crippen LogP contribution >= 0.6 is 0 Å². The molecule has 2 aromatic carbocycles. The predicted octanol–water partition coefficient (Wildman–Crippen LogP) is 3.61. The molecule has 0 saturated heterocycles. The second kappa shape index (κ2) is 8.33. The molecule has 0 amide bonds. The molecule has 0 saturated carbocycles. The molecular weight excluding hydrogens is 400 g/mol. The van der Waals surface area contributed by atoms with Gasteiger partial charge in [-0.05, 0) is 43.5 Å². The van der Waals surface area contributed by atoms with Crippen LogP contribution in [0.4, 0.5) is 0 Å². The third-order valence-electron chi connectivity index (χ3n) is 5.00. The number of ether oxygens (including phenoxy) is 1. The number of fused-ring (bicyclic) bond motifs is 1. The Bertz CT molecular complexity index is 1240. The Kier molecular flexibility index (Phi) is 5.61. The fourth-order valence-corrected chi connectivity index (χ4v) is 4.93. The van der Waals surface area contributed by atoms with Crippen molar-refractivity contribution in [3.63, 3.8) is 0 Å². The highest BCUT2D eigenvalue weighted by molar-refractivity contribution is 7.89. The number of benzene rings is 2. The fraction of sp³-hybridized carbons (Fsp3) is 0.227. The number of nitrogens with zero attached hydrogens (tertiary/aromatic N) is 1. The summed E-state index contributed by atoms with van der Waals surface area (Å²) in [5, 5.41) is 7.73. The molecule has 0 aliphatic rings. The number of nitrogens with one attached hydrogen (secondary N) is 3. The van der Waals surface area contributed by atoms with Crippen molar-refractivity contribution in [1.29, 1.82) is 0 Å². The first-order valence-electron chi connectivity index (χ1n) is 9.72. The largest absolute Gasteiger partial charge is 0.489 e. The van der Waals surface area contributed by atoms with E-state index < -0.39 is 10.0 Å². The molecule has 0 fully saturated rings. The molecular formula is C22H24N4O3S. The van der Waals surface area contributed by atoms with Crippen LogP contribution in [-0.4, -0.2) is 30.1 Å². The van der Waals surface area contributed by atoms with E-state index in [0.717, 1.165) is 27.8 Å². The van der Waals surface area contributed by atoms with Gasteiger partial charge in [-0.1, -0.05) is 30.3 Å². The Morgan fingerprint density at radius 3 is 2.63 bits per heavy atom. The Morgan fingerprint density at radius 1 is 1.10 bits per heavy atom. The number of aryl methyl sites for hydroxylation is 2. The molecule has 3 N–H and O–H groups in total. The molecule has 8 heteroatoms. The van der Waals surface area contributed by atoms with Gasteiger partial charge in [0.15, 0.2) is 0 Å². The van der Waals surface area contributed by atoms with Gasteiger partial charge < -0.3 is 9.72 Å². The molecule has 0 aliphatic carbocycles. The van der Waals surface area contributed by atoms with Crippen LogP contribution in [0.5, 0.6) is 5.75 Å². The number of hydrogen-bond donors (Lipinski definition) is 3. The molecule has 2 heterocycles. The van der Waals surface area contributed by atoms with Gasteiger partial charge in [-0.3, -0.25) is 5.10 Å². The number of aromatic nitrogens is 3. The summed E-state index contributed by atoms with van der Waals surface area (Å²) >= 11 is 0. The zero-order valence-electron chi connectivity index (χ0n) is 16.9. The summed E-state index contributed by atoms with van der Waals surface area (Å²) in [5.74, 6) is 0.784. The monoisotopic (exact) mass is 424 g/mol. The SMILES string of the molecule is Cc1n[nH]c(C)c1S(=O)(=O)NCCc1c[nH]c2cc(OCc3ccccc3)ccc12. The third kappa shape index (κ3) is 4.24. The highest BCUT2D eigenvalue weighted by Gasteiger charge is 2.21. The maximum atomic E-state index is 12.6. The lowest BCUT2D eigenvalue weighted by molar-refractivity contribution is 0.306. The quantitative estimate of drug-likeness (QED) is 0.402. The first-order valence-corrected chi connectivity index (χ1v) is 11.2. The van der Waals surface area contributed by atoms with Crippen LogP contribution in [0.15, 0.2) is 59.6 Å². The van der Waals surface area contributed by atoms with Crippen molar-refractivity contribution >= 4 is 20.9 Å². The van der Waals surface area contributed by atoms with Crippen LogP contribution in [-0.2, 0) is 23.1 Å². The normalized spacial score (nSPS) is 11.8. The molecule has 7 nitrogen and oxygen atoms in total. The van der Waals surface area contributed by atoms with Crippen molar-refractivity contribution in [2.24, 2.45) is 0 Å². The lowest BCUT2D eigenvalue weighted by Crippen LogP contribution is -2.26. The molecule has 4 rings (SSSR count). The van der Waals surface area contributed by atoms with E-state index in [9.17, 15) is 8.42 Å². The van der Waals surface area contributed by atoms with Crippen molar-refractivity contribution in [3.8, 4) is 5.75 Å². The first-order chi connectivity index (χ1) is 14.4. The highest BCUT2D eigenvalue weighted by atomic mass is 32.2. The van der Waals surface area contributed by atoms with Crippen LogP contribution in [0.25, 0.3) is 10.9 Å². The van der Waals surface area contributed by atoms with Gasteiger partial charge >= 0.3 is 0 Å². The van der Waals surface area contributed by atoms with E-state index in [1.807, 2.05) is 54.7 Å². The zero-order valence-corrected chi connectivity index (χ0v) is 17.7. The van der Waals surface area contributed by atoms with Gasteiger partial charge in [-0.25, -0.2) is 13.1 Å². The summed E-state index contributed by atoms with van der Waals surface area (Å²) in [5.41, 5.74) is 4.12. The topological polar surface area (TPSA) is 99.9 Å². The summed E-state index contributed by atoms with van der Waals surface area (Å²) < 4.78 is 33.7. The summed E-state index contributed by atoms with van der Waals surface area (Å²) in [6.07, 6.45) is 2.48. The zero-order chi connectivity index (χ0) is 21.1. The van der Waals surface area contributed by atoms with Gasteiger partial charge in [0.25, 0.3) is 0 Å². The van der Waals surface area contributed by atoms with Crippen LogP contribution < -0.4 is 9.46 Å². The van der Waals surface area contributed by atoms with E-state index in [1.165, 1.54) is 0 Å². The summed E-state index contributed by atoms with van der Waals surface area (Å²) in [7, 11) is -3.60. The maximum absolute atomic E-state index is 12.6. The second-order valence-corrected chi connectivity index (χ2v) is 8.91. The van der Waals surface area contributed by atoms with Gasteiger partial charge in [0, 0.05) is 29.7 Å². The molecule has 30 heavy (non-hydrogen) atoms. The van der Waals surface area contributed by atoms with Crippen LogP contribution in [0.2, 0.25) is 0 Å². The van der Waals surface area contributed by atoms with E-state index in [2.05, 4.69) is 19.9 Å². The summed E-state index contributed by atoms with van der Waals surface area (Å²) in [6.45, 7) is 4.18. The van der Waals surface area contributed by atoms with Gasteiger partial charge in [-0.15, -0.1) is 0 Å². The second-order valence-electron chi connectivity index (χ2n) is 7.21.